The predicted molar refractivity (Wildman–Crippen MR) is 108 cm³/mol. The number of piperidine rings is 1. The lowest BCUT2D eigenvalue weighted by Crippen LogP contribution is -2.38. The number of aryl methyl sites for hydroxylation is 1. The summed E-state index contributed by atoms with van der Waals surface area (Å²) in [7, 11) is 0. The number of oxazole rings is 1. The van der Waals surface area contributed by atoms with Crippen molar-refractivity contribution in [3.63, 3.8) is 0 Å². The lowest BCUT2D eigenvalue weighted by Gasteiger charge is -2.34. The second kappa shape index (κ2) is 7.17. The van der Waals surface area contributed by atoms with Crippen molar-refractivity contribution in [3.05, 3.63) is 41.9 Å². The molecule has 0 spiro atoms. The predicted octanol–water partition coefficient (Wildman–Crippen LogP) is 3.24. The van der Waals surface area contributed by atoms with E-state index in [1.54, 1.807) is 0 Å². The molecule has 8 heteroatoms. The molecule has 0 N–H and O–H groups in total. The van der Waals surface area contributed by atoms with E-state index in [9.17, 15) is 4.79 Å². The van der Waals surface area contributed by atoms with Gasteiger partial charge in [0.2, 0.25) is 5.76 Å². The largest absolute Gasteiger partial charge is 0.438 e. The lowest BCUT2D eigenvalue weighted by molar-refractivity contribution is 0.0573. The summed E-state index contributed by atoms with van der Waals surface area (Å²) in [5.74, 6) is 1.90. The number of hydrogen-bond acceptors (Lipinski definition) is 6. The highest BCUT2D eigenvalue weighted by Crippen LogP contribution is 2.33. The first-order valence-electron chi connectivity index (χ1n) is 10.4. The summed E-state index contributed by atoms with van der Waals surface area (Å²) in [6.45, 7) is 7.17. The van der Waals surface area contributed by atoms with Gasteiger partial charge in [0.25, 0.3) is 5.91 Å². The average Bonchev–Trinajstić information content (AvgIpc) is 3.47. The van der Waals surface area contributed by atoms with Gasteiger partial charge < -0.3 is 14.2 Å². The van der Waals surface area contributed by atoms with E-state index in [-0.39, 0.29) is 17.7 Å². The van der Waals surface area contributed by atoms with Crippen molar-refractivity contribution >= 4 is 17.4 Å². The topological polar surface area (TPSA) is 79.8 Å². The molecular weight excluding hydrogens is 368 g/mol. The molecule has 0 bridgehead atoms. The van der Waals surface area contributed by atoms with Gasteiger partial charge in [0.1, 0.15) is 5.82 Å². The Hall–Kier alpha value is -2.90. The number of hydrogen-bond donors (Lipinski definition) is 0. The van der Waals surface area contributed by atoms with E-state index in [0.29, 0.717) is 12.5 Å². The van der Waals surface area contributed by atoms with E-state index in [2.05, 4.69) is 29.9 Å². The average molecular weight is 394 g/mol. The number of nitrogens with zero attached hydrogens (tertiary/aromatic N) is 6. The van der Waals surface area contributed by atoms with E-state index >= 15 is 0 Å². The Kier molecular flexibility index (Phi) is 4.49. The number of likely N-dealkylation sites (tertiary alicyclic amines) is 1. The molecule has 5 heterocycles. The first kappa shape index (κ1) is 18.1. The standard InChI is InChI=1S/C21H26N6O2/c1-14-6-8-25(11-14)20-15(2)12-27-19(23-20)9-16(24-27)17-5-3-4-7-26(17)21(28)18-10-22-13-29-18/h9-10,12-14,17H,3-8,11H2,1-2H3/t14-,17-/m0/s1. The fraction of sp³-hybridized carbons (Fsp3) is 0.524. The number of fused-ring (bicyclic) bond motifs is 1. The third-order valence-corrected chi connectivity index (χ3v) is 6.10. The van der Waals surface area contributed by atoms with Crippen LogP contribution >= 0.6 is 0 Å². The minimum absolute atomic E-state index is 0.0707. The molecule has 2 fully saturated rings. The van der Waals surface area contributed by atoms with Gasteiger partial charge in [-0.1, -0.05) is 6.92 Å². The molecule has 2 saturated heterocycles. The van der Waals surface area contributed by atoms with Crippen LogP contribution in [0.25, 0.3) is 5.65 Å². The minimum atomic E-state index is -0.125. The van der Waals surface area contributed by atoms with Crippen molar-refractivity contribution in [1.29, 1.82) is 0 Å². The van der Waals surface area contributed by atoms with Crippen LogP contribution in [0.15, 0.2) is 29.3 Å². The first-order valence-corrected chi connectivity index (χ1v) is 10.4. The molecule has 0 aromatic carbocycles. The number of carbonyl (C=O) groups excluding carboxylic acids is 1. The second-order valence-electron chi connectivity index (χ2n) is 8.34. The molecule has 0 saturated carbocycles. The molecule has 8 nitrogen and oxygen atoms in total. The Morgan fingerprint density at radius 3 is 2.90 bits per heavy atom. The van der Waals surface area contributed by atoms with Crippen LogP contribution in [0.1, 0.15) is 60.5 Å². The van der Waals surface area contributed by atoms with E-state index < -0.39 is 0 Å². The van der Waals surface area contributed by atoms with E-state index in [0.717, 1.165) is 55.1 Å². The Balaban J connectivity index is 1.48. The summed E-state index contributed by atoms with van der Waals surface area (Å²) in [6, 6.07) is 1.96. The Morgan fingerprint density at radius 1 is 1.24 bits per heavy atom. The van der Waals surface area contributed by atoms with E-state index in [1.807, 2.05) is 15.5 Å². The molecule has 29 heavy (non-hydrogen) atoms. The van der Waals surface area contributed by atoms with Crippen LogP contribution in [-0.2, 0) is 0 Å². The molecule has 3 aromatic heterocycles. The normalized spacial score (nSPS) is 22.6. The van der Waals surface area contributed by atoms with Crippen molar-refractivity contribution in [2.24, 2.45) is 5.92 Å². The Labute approximate surface area is 169 Å². The van der Waals surface area contributed by atoms with E-state index in [1.165, 1.54) is 19.0 Å². The molecule has 2 atom stereocenters. The highest BCUT2D eigenvalue weighted by atomic mass is 16.3. The van der Waals surface area contributed by atoms with Crippen LogP contribution in [-0.4, -0.2) is 50.0 Å². The quantitative estimate of drug-likeness (QED) is 0.678. The number of carbonyl (C=O) groups is 1. The van der Waals surface area contributed by atoms with Crippen molar-refractivity contribution in [3.8, 4) is 0 Å². The molecule has 0 aliphatic carbocycles. The fourth-order valence-corrected chi connectivity index (χ4v) is 4.57. The summed E-state index contributed by atoms with van der Waals surface area (Å²) < 4.78 is 7.09. The first-order chi connectivity index (χ1) is 14.1. The smallest absolute Gasteiger partial charge is 0.291 e. The SMILES string of the molecule is Cc1cn2nc([C@@H]3CCCCN3C(=O)c3cnco3)cc2nc1N1CC[C@H](C)C1. The maximum atomic E-state index is 12.9. The van der Waals surface area contributed by atoms with Gasteiger partial charge in [-0.05, 0) is 38.5 Å². The van der Waals surface area contributed by atoms with Gasteiger partial charge in [-0.2, -0.15) is 5.10 Å². The monoisotopic (exact) mass is 394 g/mol. The second-order valence-corrected chi connectivity index (χ2v) is 8.34. The molecule has 1 amide bonds. The van der Waals surface area contributed by atoms with Crippen LogP contribution in [0.2, 0.25) is 0 Å². The summed E-state index contributed by atoms with van der Waals surface area (Å²) in [5.41, 5.74) is 2.84. The summed E-state index contributed by atoms with van der Waals surface area (Å²) in [6.07, 6.45) is 8.98. The van der Waals surface area contributed by atoms with Crippen LogP contribution in [0.4, 0.5) is 5.82 Å². The van der Waals surface area contributed by atoms with Crippen LogP contribution < -0.4 is 4.90 Å². The highest BCUT2D eigenvalue weighted by molar-refractivity contribution is 5.91. The third kappa shape index (κ3) is 3.26. The molecule has 152 valence electrons. The molecule has 0 unspecified atom stereocenters. The van der Waals surface area contributed by atoms with Gasteiger partial charge in [0, 0.05) is 37.5 Å². The van der Waals surface area contributed by atoms with Gasteiger partial charge in [0.05, 0.1) is 17.9 Å². The third-order valence-electron chi connectivity index (χ3n) is 6.10. The van der Waals surface area contributed by atoms with Crippen LogP contribution in [0.3, 0.4) is 0 Å². The van der Waals surface area contributed by atoms with Crippen LogP contribution in [0.5, 0.6) is 0 Å². The van der Waals surface area contributed by atoms with Crippen LogP contribution in [0, 0.1) is 12.8 Å². The number of aromatic nitrogens is 4. The zero-order valence-electron chi connectivity index (χ0n) is 16.9. The maximum absolute atomic E-state index is 12.9. The summed E-state index contributed by atoms with van der Waals surface area (Å²) >= 11 is 0. The fourth-order valence-electron chi connectivity index (χ4n) is 4.57. The number of rotatable bonds is 3. The molecular formula is C21H26N6O2. The van der Waals surface area contributed by atoms with Crippen molar-refractivity contribution in [2.45, 2.75) is 45.6 Å². The summed E-state index contributed by atoms with van der Waals surface area (Å²) in [5, 5.41) is 4.79. The highest BCUT2D eigenvalue weighted by Gasteiger charge is 2.32. The number of anilines is 1. The van der Waals surface area contributed by atoms with Gasteiger partial charge >= 0.3 is 0 Å². The lowest BCUT2D eigenvalue weighted by atomic mass is 9.99. The summed E-state index contributed by atoms with van der Waals surface area (Å²) in [4.78, 5) is 25.9. The minimum Gasteiger partial charge on any atom is -0.438 e. The Bertz CT molecular complexity index is 1030. The maximum Gasteiger partial charge on any atom is 0.291 e. The molecule has 2 aliphatic rings. The van der Waals surface area contributed by atoms with Gasteiger partial charge in [0.15, 0.2) is 12.0 Å². The zero-order chi connectivity index (χ0) is 20.0. The van der Waals surface area contributed by atoms with Gasteiger partial charge in [-0.3, -0.25) is 4.79 Å². The Morgan fingerprint density at radius 2 is 2.14 bits per heavy atom. The molecule has 0 radical (unpaired) electrons. The molecule has 5 rings (SSSR count). The van der Waals surface area contributed by atoms with Gasteiger partial charge in [-0.25, -0.2) is 14.5 Å². The van der Waals surface area contributed by atoms with Crippen molar-refractivity contribution in [1.82, 2.24) is 24.5 Å². The van der Waals surface area contributed by atoms with E-state index in [4.69, 9.17) is 14.5 Å². The van der Waals surface area contributed by atoms with Gasteiger partial charge in [-0.15, -0.1) is 0 Å². The van der Waals surface area contributed by atoms with Crippen molar-refractivity contribution < 1.29 is 9.21 Å². The zero-order valence-corrected chi connectivity index (χ0v) is 16.9. The molecule has 2 aliphatic heterocycles. The molecule has 3 aromatic rings. The number of amides is 1. The van der Waals surface area contributed by atoms with Crippen molar-refractivity contribution in [2.75, 3.05) is 24.5 Å².